The molecule has 1 aliphatic heterocycles. The van der Waals surface area contributed by atoms with Crippen LogP contribution >= 0.6 is 11.3 Å². The van der Waals surface area contributed by atoms with E-state index in [4.69, 9.17) is 4.99 Å². The molecule has 148 valence electrons. The Morgan fingerprint density at radius 3 is 2.69 bits per heavy atom. The molecular weight excluding hydrogens is 370 g/mol. The average Bonchev–Trinajstić information content (AvgIpc) is 3.27. The lowest BCUT2D eigenvalue weighted by atomic mass is 10.2. The molecule has 0 aliphatic carbocycles. The maximum atomic E-state index is 11.1. The van der Waals surface area contributed by atoms with Gasteiger partial charge >= 0.3 is 0 Å². The molecule has 1 aromatic heterocycles. The van der Waals surface area contributed by atoms with Crippen LogP contribution in [-0.2, 0) is 10.0 Å². The number of rotatable bonds is 10. The van der Waals surface area contributed by atoms with Crippen molar-refractivity contribution in [3.05, 3.63) is 22.4 Å². The van der Waals surface area contributed by atoms with Crippen LogP contribution in [0.5, 0.6) is 0 Å². The van der Waals surface area contributed by atoms with E-state index < -0.39 is 10.0 Å². The van der Waals surface area contributed by atoms with Crippen LogP contribution in [0.1, 0.15) is 37.1 Å². The summed E-state index contributed by atoms with van der Waals surface area (Å²) in [6.07, 6.45) is 4.40. The predicted molar refractivity (Wildman–Crippen MR) is 109 cm³/mol. The van der Waals surface area contributed by atoms with Gasteiger partial charge in [-0.05, 0) is 50.7 Å². The molecule has 9 heteroatoms. The zero-order chi connectivity index (χ0) is 18.8. The first kappa shape index (κ1) is 21.1. The fraction of sp³-hybridized carbons (Fsp3) is 0.706. The number of likely N-dealkylation sites (tertiary alicyclic amines) is 1. The summed E-state index contributed by atoms with van der Waals surface area (Å²) in [6.45, 7) is 6.93. The molecule has 0 amide bonds. The van der Waals surface area contributed by atoms with E-state index in [1.165, 1.54) is 24.0 Å². The lowest BCUT2D eigenvalue weighted by molar-refractivity contribution is 0.255. The van der Waals surface area contributed by atoms with Crippen molar-refractivity contribution in [3.63, 3.8) is 0 Å². The second kappa shape index (κ2) is 10.9. The maximum absolute atomic E-state index is 11.1. The fourth-order valence-corrected chi connectivity index (χ4v) is 4.36. The molecule has 7 nitrogen and oxygen atoms in total. The number of guanidine groups is 1. The van der Waals surface area contributed by atoms with Gasteiger partial charge in [0.2, 0.25) is 10.0 Å². The predicted octanol–water partition coefficient (Wildman–Crippen LogP) is 1.38. The molecule has 1 saturated heterocycles. The summed E-state index contributed by atoms with van der Waals surface area (Å²) in [7, 11) is -3.12. The first-order valence-electron chi connectivity index (χ1n) is 9.24. The smallest absolute Gasteiger partial charge is 0.208 e. The van der Waals surface area contributed by atoms with Gasteiger partial charge in [-0.25, -0.2) is 13.1 Å². The largest absolute Gasteiger partial charge is 0.357 e. The Morgan fingerprint density at radius 2 is 2.08 bits per heavy atom. The Kier molecular flexibility index (Phi) is 8.83. The van der Waals surface area contributed by atoms with Crippen molar-refractivity contribution in [2.24, 2.45) is 4.99 Å². The van der Waals surface area contributed by atoms with Gasteiger partial charge in [-0.2, -0.15) is 0 Å². The van der Waals surface area contributed by atoms with Crippen LogP contribution in [0, 0.1) is 0 Å². The highest BCUT2D eigenvalue weighted by Gasteiger charge is 2.24. The normalized spacial score (nSPS) is 17.4. The molecule has 2 heterocycles. The second-order valence-electron chi connectivity index (χ2n) is 6.44. The van der Waals surface area contributed by atoms with Gasteiger partial charge in [0.1, 0.15) is 0 Å². The molecular formula is C17H31N5O2S2. The van der Waals surface area contributed by atoms with Crippen molar-refractivity contribution in [1.29, 1.82) is 0 Å². The molecule has 2 rings (SSSR count). The van der Waals surface area contributed by atoms with Gasteiger partial charge < -0.3 is 10.6 Å². The van der Waals surface area contributed by atoms with Crippen molar-refractivity contribution in [1.82, 2.24) is 20.3 Å². The molecule has 26 heavy (non-hydrogen) atoms. The molecule has 1 aromatic rings. The van der Waals surface area contributed by atoms with Crippen molar-refractivity contribution in [3.8, 4) is 0 Å². The molecule has 0 saturated carbocycles. The Labute approximate surface area is 161 Å². The van der Waals surface area contributed by atoms with E-state index in [0.717, 1.165) is 32.1 Å². The first-order valence-corrected chi connectivity index (χ1v) is 12.0. The summed E-state index contributed by atoms with van der Waals surface area (Å²) in [5.41, 5.74) is 0. The molecule has 0 radical (unpaired) electrons. The number of nitrogens with zero attached hydrogens (tertiary/aromatic N) is 2. The average molecular weight is 402 g/mol. The second-order valence-corrected chi connectivity index (χ2v) is 9.25. The summed E-state index contributed by atoms with van der Waals surface area (Å²) >= 11 is 1.79. The van der Waals surface area contributed by atoms with Gasteiger partial charge in [0.15, 0.2) is 5.96 Å². The van der Waals surface area contributed by atoms with E-state index in [-0.39, 0.29) is 0 Å². The first-order chi connectivity index (χ1) is 12.5. The minimum absolute atomic E-state index is 0.333. The Morgan fingerprint density at radius 1 is 1.31 bits per heavy atom. The van der Waals surface area contributed by atoms with Crippen LogP contribution in [0.3, 0.4) is 0 Å². The van der Waals surface area contributed by atoms with E-state index in [0.29, 0.717) is 25.6 Å². The van der Waals surface area contributed by atoms with Crippen LogP contribution in [-0.4, -0.2) is 64.8 Å². The zero-order valence-electron chi connectivity index (χ0n) is 15.7. The third-order valence-corrected chi connectivity index (χ3v) is 5.93. The summed E-state index contributed by atoms with van der Waals surface area (Å²) in [5.74, 6) is 0.785. The highest BCUT2D eigenvalue weighted by molar-refractivity contribution is 7.88. The molecule has 1 aliphatic rings. The summed E-state index contributed by atoms with van der Waals surface area (Å²) in [6, 6.07) is 4.63. The number of nitrogens with one attached hydrogen (secondary N) is 3. The maximum Gasteiger partial charge on any atom is 0.208 e. The van der Waals surface area contributed by atoms with E-state index in [1.54, 1.807) is 11.3 Å². The van der Waals surface area contributed by atoms with Gasteiger partial charge in [0.05, 0.1) is 18.8 Å². The van der Waals surface area contributed by atoms with E-state index in [9.17, 15) is 8.42 Å². The van der Waals surface area contributed by atoms with Gasteiger partial charge in [0.25, 0.3) is 0 Å². The highest BCUT2D eigenvalue weighted by atomic mass is 32.2. The summed E-state index contributed by atoms with van der Waals surface area (Å²) < 4.78 is 24.7. The molecule has 1 fully saturated rings. The molecule has 0 bridgehead atoms. The number of hydrogen-bond acceptors (Lipinski definition) is 5. The minimum atomic E-state index is -3.12. The van der Waals surface area contributed by atoms with Gasteiger partial charge in [-0.15, -0.1) is 11.3 Å². The third kappa shape index (κ3) is 7.61. The molecule has 1 atom stereocenters. The van der Waals surface area contributed by atoms with E-state index in [2.05, 4.69) is 37.8 Å². The van der Waals surface area contributed by atoms with Gasteiger partial charge in [-0.3, -0.25) is 9.89 Å². The van der Waals surface area contributed by atoms with Crippen molar-refractivity contribution in [2.75, 3.05) is 45.5 Å². The van der Waals surface area contributed by atoms with Crippen LogP contribution in [0.25, 0.3) is 0 Å². The molecule has 0 aromatic carbocycles. The third-order valence-electron chi connectivity index (χ3n) is 4.23. The van der Waals surface area contributed by atoms with Crippen LogP contribution in [0.4, 0.5) is 0 Å². The Hall–Kier alpha value is -1.16. The topological polar surface area (TPSA) is 85.8 Å². The van der Waals surface area contributed by atoms with E-state index in [1.807, 2.05) is 6.92 Å². The number of thiophene rings is 1. The van der Waals surface area contributed by atoms with Crippen molar-refractivity contribution < 1.29 is 8.42 Å². The number of sulfonamides is 1. The SMILES string of the molecule is CCNC(=NCC(c1cccs1)N1CCCC1)NCCCNS(C)(=O)=O. The minimum Gasteiger partial charge on any atom is -0.357 e. The summed E-state index contributed by atoms with van der Waals surface area (Å²) in [4.78, 5) is 8.67. The summed E-state index contributed by atoms with van der Waals surface area (Å²) in [5, 5.41) is 8.68. The Bertz CT molecular complexity index is 640. The van der Waals surface area contributed by atoms with Crippen molar-refractivity contribution in [2.45, 2.75) is 32.2 Å². The standard InChI is InChI=1S/C17H31N5O2S2/c1-3-18-17(19-9-7-10-21-26(2,23)24)20-14-15(16-8-6-13-25-16)22-11-4-5-12-22/h6,8,13,15,21H,3-5,7,9-12,14H2,1-2H3,(H2,18,19,20). The monoisotopic (exact) mass is 401 g/mol. The quantitative estimate of drug-likeness (QED) is 0.313. The number of hydrogen-bond donors (Lipinski definition) is 3. The fourth-order valence-electron chi connectivity index (χ4n) is 2.99. The zero-order valence-corrected chi connectivity index (χ0v) is 17.3. The van der Waals surface area contributed by atoms with Crippen LogP contribution < -0.4 is 15.4 Å². The number of aliphatic imine (C=N–C) groups is 1. The van der Waals surface area contributed by atoms with Crippen LogP contribution in [0.2, 0.25) is 0 Å². The van der Waals surface area contributed by atoms with Crippen LogP contribution in [0.15, 0.2) is 22.5 Å². The van der Waals surface area contributed by atoms with E-state index >= 15 is 0 Å². The Balaban J connectivity index is 1.88. The van der Waals surface area contributed by atoms with Crippen molar-refractivity contribution >= 4 is 27.3 Å². The van der Waals surface area contributed by atoms with Gasteiger partial charge in [0, 0.05) is 24.5 Å². The van der Waals surface area contributed by atoms with Gasteiger partial charge in [-0.1, -0.05) is 6.07 Å². The molecule has 3 N–H and O–H groups in total. The highest BCUT2D eigenvalue weighted by Crippen LogP contribution is 2.28. The molecule has 1 unspecified atom stereocenters. The lowest BCUT2D eigenvalue weighted by Crippen LogP contribution is -2.39. The lowest BCUT2D eigenvalue weighted by Gasteiger charge is -2.25. The molecule has 0 spiro atoms.